The number of thioether (sulfide) groups is 1. The van der Waals surface area contributed by atoms with Crippen LogP contribution in [0.25, 0.3) is 0 Å². The fraction of sp³-hybridized carbons (Fsp3) is 0.640. The molecular formula is C25H35N3O4S. The van der Waals surface area contributed by atoms with Gasteiger partial charge in [0.05, 0.1) is 16.6 Å². The maximum absolute atomic E-state index is 13.8. The standard InChI is InChI=1S/C25H35N3O4S/c1-15(2)27-23(31)21-25-16(3)13-18(33-25)19(20(25)24(32)28(21)11-7-8-12-29)22(30)26-14-17-9-5-4-6-10-17/h4-6,9-10,15-16,18-21,29H,7-8,11-14H2,1-3H3,(H,26,30)(H,27,31)/t16?,18-,19+,20+,21?,25?/m1/s1. The van der Waals surface area contributed by atoms with Gasteiger partial charge >= 0.3 is 0 Å². The van der Waals surface area contributed by atoms with Crippen molar-refractivity contribution in [2.75, 3.05) is 13.2 Å². The summed E-state index contributed by atoms with van der Waals surface area (Å²) in [5.41, 5.74) is 1.02. The van der Waals surface area contributed by atoms with Crippen LogP contribution in [0.5, 0.6) is 0 Å². The first kappa shape index (κ1) is 24.1. The van der Waals surface area contributed by atoms with E-state index in [2.05, 4.69) is 17.6 Å². The Bertz CT molecular complexity index is 895. The van der Waals surface area contributed by atoms with Crippen LogP contribution in [0, 0.1) is 17.8 Å². The van der Waals surface area contributed by atoms with Crippen LogP contribution in [0.3, 0.4) is 0 Å². The quantitative estimate of drug-likeness (QED) is 0.476. The molecular weight excluding hydrogens is 438 g/mol. The first-order chi connectivity index (χ1) is 15.8. The third-order valence-electron chi connectivity index (χ3n) is 7.34. The second-order valence-electron chi connectivity index (χ2n) is 9.88. The fourth-order valence-electron chi connectivity index (χ4n) is 6.02. The number of benzene rings is 1. The number of nitrogens with one attached hydrogen (secondary N) is 2. The molecule has 3 unspecified atom stereocenters. The molecule has 180 valence electrons. The molecule has 0 radical (unpaired) electrons. The van der Waals surface area contributed by atoms with E-state index in [0.29, 0.717) is 25.9 Å². The van der Waals surface area contributed by atoms with E-state index in [1.165, 1.54) is 0 Å². The molecule has 3 amide bonds. The summed E-state index contributed by atoms with van der Waals surface area (Å²) < 4.78 is -0.589. The van der Waals surface area contributed by atoms with Gasteiger partial charge in [-0.25, -0.2) is 0 Å². The molecule has 33 heavy (non-hydrogen) atoms. The molecule has 1 aromatic carbocycles. The Morgan fingerprint density at radius 2 is 1.94 bits per heavy atom. The Morgan fingerprint density at radius 1 is 1.21 bits per heavy atom. The predicted octanol–water partition coefficient (Wildman–Crippen LogP) is 1.94. The highest BCUT2D eigenvalue weighted by atomic mass is 32.2. The smallest absolute Gasteiger partial charge is 0.244 e. The van der Waals surface area contributed by atoms with E-state index in [1.54, 1.807) is 16.7 Å². The van der Waals surface area contributed by atoms with Crippen LogP contribution < -0.4 is 10.6 Å². The summed E-state index contributed by atoms with van der Waals surface area (Å²) in [6.07, 6.45) is 2.03. The molecule has 3 aliphatic heterocycles. The first-order valence-corrected chi connectivity index (χ1v) is 12.9. The zero-order chi connectivity index (χ0) is 23.8. The Kier molecular flexibility index (Phi) is 7.05. The molecule has 3 fully saturated rings. The van der Waals surface area contributed by atoms with E-state index in [4.69, 9.17) is 0 Å². The van der Waals surface area contributed by atoms with Gasteiger partial charge in [-0.05, 0) is 44.6 Å². The Hall–Kier alpha value is -2.06. The van der Waals surface area contributed by atoms with E-state index in [1.807, 2.05) is 44.2 Å². The molecule has 3 heterocycles. The summed E-state index contributed by atoms with van der Waals surface area (Å²) in [7, 11) is 0. The van der Waals surface area contributed by atoms with Crippen LogP contribution in [0.2, 0.25) is 0 Å². The Morgan fingerprint density at radius 3 is 2.61 bits per heavy atom. The first-order valence-electron chi connectivity index (χ1n) is 12.0. The van der Waals surface area contributed by atoms with Crippen molar-refractivity contribution in [1.29, 1.82) is 0 Å². The largest absolute Gasteiger partial charge is 0.396 e. The summed E-state index contributed by atoms with van der Waals surface area (Å²) in [5.74, 6) is -1.08. The van der Waals surface area contributed by atoms with E-state index in [-0.39, 0.29) is 41.5 Å². The van der Waals surface area contributed by atoms with Crippen LogP contribution in [-0.4, -0.2) is 63.0 Å². The maximum Gasteiger partial charge on any atom is 0.244 e. The van der Waals surface area contributed by atoms with Gasteiger partial charge in [0.2, 0.25) is 17.7 Å². The van der Waals surface area contributed by atoms with Crippen LogP contribution >= 0.6 is 11.8 Å². The number of fused-ring (bicyclic) bond motifs is 1. The molecule has 0 saturated carbocycles. The van der Waals surface area contributed by atoms with Gasteiger partial charge in [0.15, 0.2) is 0 Å². The second-order valence-corrected chi connectivity index (χ2v) is 11.4. The monoisotopic (exact) mass is 473 g/mol. The second kappa shape index (κ2) is 9.66. The summed E-state index contributed by atoms with van der Waals surface area (Å²) in [6, 6.07) is 9.13. The third-order valence-corrected chi connectivity index (χ3v) is 9.42. The summed E-state index contributed by atoms with van der Waals surface area (Å²) in [6.45, 7) is 6.86. The molecule has 1 spiro atoms. The van der Waals surface area contributed by atoms with Crippen molar-refractivity contribution in [2.45, 2.75) is 68.7 Å². The third kappa shape index (κ3) is 4.16. The molecule has 2 bridgehead atoms. The minimum atomic E-state index is -0.590. The molecule has 8 heteroatoms. The maximum atomic E-state index is 13.8. The van der Waals surface area contributed by atoms with Crippen molar-refractivity contribution in [3.63, 3.8) is 0 Å². The lowest BCUT2D eigenvalue weighted by atomic mass is 9.66. The molecule has 1 aromatic rings. The minimum absolute atomic E-state index is 0.0359. The highest BCUT2D eigenvalue weighted by molar-refractivity contribution is 8.02. The topological polar surface area (TPSA) is 98.7 Å². The van der Waals surface area contributed by atoms with Crippen LogP contribution in [0.1, 0.15) is 45.6 Å². The van der Waals surface area contributed by atoms with E-state index in [0.717, 1.165) is 12.0 Å². The number of rotatable bonds is 9. The van der Waals surface area contributed by atoms with Gasteiger partial charge in [-0.1, -0.05) is 37.3 Å². The highest BCUT2D eigenvalue weighted by Gasteiger charge is 2.75. The lowest BCUT2D eigenvalue weighted by Crippen LogP contribution is -2.57. The van der Waals surface area contributed by atoms with E-state index in [9.17, 15) is 19.5 Å². The predicted molar refractivity (Wildman–Crippen MR) is 128 cm³/mol. The molecule has 6 atom stereocenters. The van der Waals surface area contributed by atoms with Gasteiger partial charge in [0, 0.05) is 31.0 Å². The lowest BCUT2D eigenvalue weighted by Gasteiger charge is -2.39. The van der Waals surface area contributed by atoms with Crippen LogP contribution in [-0.2, 0) is 20.9 Å². The van der Waals surface area contributed by atoms with Crippen molar-refractivity contribution in [3.05, 3.63) is 35.9 Å². The number of hydrogen-bond acceptors (Lipinski definition) is 5. The SMILES string of the molecule is CC(C)NC(=O)C1N(CCCCO)C(=O)[C@@H]2[C@@H](C(=O)NCc3ccccc3)[C@H]3CC(C)C12S3. The summed E-state index contributed by atoms with van der Waals surface area (Å²) >= 11 is 1.69. The van der Waals surface area contributed by atoms with Gasteiger partial charge in [0.1, 0.15) is 6.04 Å². The number of aliphatic hydroxyl groups is 1. The Balaban J connectivity index is 1.62. The number of nitrogens with zero attached hydrogens (tertiary/aromatic N) is 1. The van der Waals surface area contributed by atoms with Gasteiger partial charge in [-0.2, -0.15) is 0 Å². The van der Waals surface area contributed by atoms with Crippen molar-refractivity contribution in [2.24, 2.45) is 17.8 Å². The van der Waals surface area contributed by atoms with Crippen molar-refractivity contribution in [1.82, 2.24) is 15.5 Å². The van der Waals surface area contributed by atoms with Gasteiger partial charge in [-0.3, -0.25) is 14.4 Å². The molecule has 3 aliphatic rings. The minimum Gasteiger partial charge on any atom is -0.396 e. The van der Waals surface area contributed by atoms with Gasteiger partial charge in [-0.15, -0.1) is 11.8 Å². The van der Waals surface area contributed by atoms with Gasteiger partial charge < -0.3 is 20.6 Å². The number of aliphatic hydroxyl groups excluding tert-OH is 1. The number of carbonyl (C=O) groups is 3. The molecule has 3 N–H and O–H groups in total. The van der Waals surface area contributed by atoms with Crippen LogP contribution in [0.4, 0.5) is 0 Å². The Labute approximate surface area is 200 Å². The van der Waals surface area contributed by atoms with E-state index < -0.39 is 22.6 Å². The molecule has 7 nitrogen and oxygen atoms in total. The zero-order valence-corrected chi connectivity index (χ0v) is 20.4. The molecule has 3 saturated heterocycles. The van der Waals surface area contributed by atoms with Crippen LogP contribution in [0.15, 0.2) is 30.3 Å². The van der Waals surface area contributed by atoms with E-state index >= 15 is 0 Å². The molecule has 0 aliphatic carbocycles. The van der Waals surface area contributed by atoms with Crippen molar-refractivity contribution >= 4 is 29.5 Å². The average Bonchev–Trinajstić information content (AvgIpc) is 3.36. The average molecular weight is 474 g/mol. The zero-order valence-electron chi connectivity index (χ0n) is 19.6. The highest BCUT2D eigenvalue weighted by Crippen LogP contribution is 2.68. The normalized spacial score (nSPS) is 32.3. The lowest BCUT2D eigenvalue weighted by molar-refractivity contribution is -0.140. The van der Waals surface area contributed by atoms with Gasteiger partial charge in [0.25, 0.3) is 0 Å². The number of carbonyl (C=O) groups excluding carboxylic acids is 3. The number of amides is 3. The number of likely N-dealkylation sites (tertiary alicyclic amines) is 1. The fourth-order valence-corrected chi connectivity index (χ4v) is 8.44. The number of unbranched alkanes of at least 4 members (excludes halogenated alkanes) is 1. The molecule has 4 rings (SSSR count). The summed E-state index contributed by atoms with van der Waals surface area (Å²) in [5, 5.41) is 15.4. The molecule has 0 aromatic heterocycles. The van der Waals surface area contributed by atoms with Crippen molar-refractivity contribution < 1.29 is 19.5 Å². The summed E-state index contributed by atoms with van der Waals surface area (Å²) in [4.78, 5) is 42.3. The number of hydrogen-bond donors (Lipinski definition) is 3. The van der Waals surface area contributed by atoms with Crippen molar-refractivity contribution in [3.8, 4) is 0 Å².